The second kappa shape index (κ2) is 7.11. The maximum absolute atomic E-state index is 13.1. The molecule has 0 unspecified atom stereocenters. The Kier molecular flexibility index (Phi) is 4.92. The van der Waals surface area contributed by atoms with Gasteiger partial charge < -0.3 is 4.90 Å². The zero-order chi connectivity index (χ0) is 17.1. The van der Waals surface area contributed by atoms with E-state index < -0.39 is 5.82 Å². The normalized spacial score (nSPS) is 11.3. The summed E-state index contributed by atoms with van der Waals surface area (Å²) in [5.41, 5.74) is 1.61. The molecule has 0 aliphatic carbocycles. The summed E-state index contributed by atoms with van der Waals surface area (Å²) >= 11 is 7.30. The lowest BCUT2D eigenvalue weighted by Gasteiger charge is -2.12. The van der Waals surface area contributed by atoms with E-state index in [-0.39, 0.29) is 10.9 Å². The van der Waals surface area contributed by atoms with Crippen LogP contribution in [0.3, 0.4) is 0 Å². The molecule has 0 saturated carbocycles. The van der Waals surface area contributed by atoms with Gasteiger partial charge in [-0.2, -0.15) is 0 Å². The number of benzene rings is 2. The third-order valence-corrected chi connectivity index (χ3v) is 4.76. The van der Waals surface area contributed by atoms with Gasteiger partial charge in [-0.05, 0) is 35.9 Å². The number of fused-ring (bicyclic) bond motifs is 1. The van der Waals surface area contributed by atoms with Crippen LogP contribution in [0.1, 0.15) is 10.6 Å². The Bertz CT molecular complexity index is 889. The molecule has 3 aromatic rings. The van der Waals surface area contributed by atoms with Crippen molar-refractivity contribution in [1.82, 2.24) is 9.88 Å². The summed E-state index contributed by atoms with van der Waals surface area (Å²) in [5.74, 6) is -0.636. The SMILES string of the molecule is CN(Cc1nc2ccccc2s1)C(=O)/C=C/c1ccc(F)c(Cl)c1. The third-order valence-electron chi connectivity index (χ3n) is 3.45. The number of thiazole rings is 1. The van der Waals surface area contributed by atoms with Gasteiger partial charge in [0.15, 0.2) is 0 Å². The number of carbonyl (C=O) groups is 1. The maximum atomic E-state index is 13.1. The van der Waals surface area contributed by atoms with Crippen molar-refractivity contribution < 1.29 is 9.18 Å². The molecule has 1 heterocycles. The van der Waals surface area contributed by atoms with Gasteiger partial charge in [-0.15, -0.1) is 11.3 Å². The zero-order valence-electron chi connectivity index (χ0n) is 12.9. The molecule has 0 atom stereocenters. The highest BCUT2D eigenvalue weighted by Gasteiger charge is 2.10. The van der Waals surface area contributed by atoms with Gasteiger partial charge in [0.05, 0.1) is 21.8 Å². The Labute approximate surface area is 148 Å². The molecule has 0 spiro atoms. The van der Waals surface area contributed by atoms with Gasteiger partial charge in [0, 0.05) is 13.1 Å². The van der Waals surface area contributed by atoms with Crippen molar-refractivity contribution in [2.45, 2.75) is 6.54 Å². The van der Waals surface area contributed by atoms with E-state index in [2.05, 4.69) is 4.98 Å². The molecule has 2 aromatic carbocycles. The minimum Gasteiger partial charge on any atom is -0.335 e. The summed E-state index contributed by atoms with van der Waals surface area (Å²) in [6, 6.07) is 12.2. The smallest absolute Gasteiger partial charge is 0.246 e. The van der Waals surface area contributed by atoms with Crippen LogP contribution in [0, 0.1) is 5.82 Å². The molecule has 1 aromatic heterocycles. The second-order valence-electron chi connectivity index (χ2n) is 5.28. The predicted octanol–water partition coefficient (Wildman–Crippen LogP) is 4.76. The lowest BCUT2D eigenvalue weighted by atomic mass is 10.2. The first kappa shape index (κ1) is 16.6. The van der Waals surface area contributed by atoms with Crippen molar-refractivity contribution in [3.05, 3.63) is 70.0 Å². The van der Waals surface area contributed by atoms with Crippen molar-refractivity contribution in [3.63, 3.8) is 0 Å². The van der Waals surface area contributed by atoms with Crippen molar-refractivity contribution in [3.8, 4) is 0 Å². The number of hydrogen-bond acceptors (Lipinski definition) is 3. The van der Waals surface area contributed by atoms with Crippen LogP contribution in [-0.2, 0) is 11.3 Å². The minimum atomic E-state index is -0.479. The fourth-order valence-corrected chi connectivity index (χ4v) is 3.39. The number of rotatable bonds is 4. The van der Waals surface area contributed by atoms with Crippen molar-refractivity contribution in [2.75, 3.05) is 7.05 Å². The number of hydrogen-bond donors (Lipinski definition) is 0. The summed E-state index contributed by atoms with van der Waals surface area (Å²) in [6.07, 6.45) is 3.05. The standard InChI is InChI=1S/C18H14ClFN2OS/c1-22(11-17-21-15-4-2-3-5-16(15)24-17)18(23)9-7-12-6-8-14(20)13(19)10-12/h2-10H,11H2,1H3/b9-7+. The van der Waals surface area contributed by atoms with Crippen LogP contribution < -0.4 is 0 Å². The molecule has 0 bridgehead atoms. The minimum absolute atomic E-state index is 0.0347. The number of halogens is 2. The monoisotopic (exact) mass is 360 g/mol. The predicted molar refractivity (Wildman–Crippen MR) is 96.5 cm³/mol. The molecule has 0 aliphatic heterocycles. The quantitative estimate of drug-likeness (QED) is 0.628. The molecule has 0 N–H and O–H groups in total. The Hall–Kier alpha value is -2.24. The first-order chi connectivity index (χ1) is 11.5. The molecule has 0 aliphatic rings. The van der Waals surface area contributed by atoms with E-state index in [0.29, 0.717) is 12.1 Å². The van der Waals surface area contributed by atoms with Gasteiger partial charge in [0.2, 0.25) is 5.91 Å². The van der Waals surface area contributed by atoms with Crippen LogP contribution in [0.15, 0.2) is 48.5 Å². The number of para-hydroxylation sites is 1. The van der Waals surface area contributed by atoms with E-state index in [9.17, 15) is 9.18 Å². The highest BCUT2D eigenvalue weighted by molar-refractivity contribution is 7.18. The molecule has 0 saturated heterocycles. The van der Waals surface area contributed by atoms with Crippen LogP contribution in [0.5, 0.6) is 0 Å². The van der Waals surface area contributed by atoms with Gasteiger partial charge >= 0.3 is 0 Å². The van der Waals surface area contributed by atoms with Crippen LogP contribution in [0.2, 0.25) is 5.02 Å². The highest BCUT2D eigenvalue weighted by atomic mass is 35.5. The van der Waals surface area contributed by atoms with E-state index in [1.807, 2.05) is 24.3 Å². The molecule has 3 rings (SSSR count). The van der Waals surface area contributed by atoms with E-state index >= 15 is 0 Å². The zero-order valence-corrected chi connectivity index (χ0v) is 14.4. The van der Waals surface area contributed by atoms with Crippen molar-refractivity contribution in [2.24, 2.45) is 0 Å². The third kappa shape index (κ3) is 3.80. The van der Waals surface area contributed by atoms with Crippen LogP contribution in [0.25, 0.3) is 16.3 Å². The second-order valence-corrected chi connectivity index (χ2v) is 6.80. The largest absolute Gasteiger partial charge is 0.335 e. The molecular weight excluding hydrogens is 347 g/mol. The molecule has 1 amide bonds. The Morgan fingerprint density at radius 3 is 2.88 bits per heavy atom. The lowest BCUT2D eigenvalue weighted by Crippen LogP contribution is -2.23. The maximum Gasteiger partial charge on any atom is 0.246 e. The fraction of sp³-hybridized carbons (Fsp3) is 0.111. The summed E-state index contributed by atoms with van der Waals surface area (Å²) in [5, 5.41) is 0.915. The van der Waals surface area contributed by atoms with Crippen molar-refractivity contribution >= 4 is 45.1 Å². The number of aromatic nitrogens is 1. The Morgan fingerprint density at radius 1 is 1.33 bits per heavy atom. The van der Waals surface area contributed by atoms with Gasteiger partial charge in [0.25, 0.3) is 0 Å². The van der Waals surface area contributed by atoms with Gasteiger partial charge in [-0.3, -0.25) is 4.79 Å². The fourth-order valence-electron chi connectivity index (χ4n) is 2.18. The molecule has 6 heteroatoms. The van der Waals surface area contributed by atoms with Gasteiger partial charge in [-0.25, -0.2) is 9.37 Å². The lowest BCUT2D eigenvalue weighted by molar-refractivity contribution is -0.125. The average molecular weight is 361 g/mol. The highest BCUT2D eigenvalue weighted by Crippen LogP contribution is 2.22. The van der Waals surface area contributed by atoms with Gasteiger partial charge in [-0.1, -0.05) is 29.8 Å². The Balaban J connectivity index is 1.67. The van der Waals surface area contributed by atoms with Crippen LogP contribution in [-0.4, -0.2) is 22.8 Å². The van der Waals surface area contributed by atoms with E-state index in [1.54, 1.807) is 35.4 Å². The molecular formula is C18H14ClFN2OS. The first-order valence-corrected chi connectivity index (χ1v) is 8.45. The molecule has 24 heavy (non-hydrogen) atoms. The molecule has 0 radical (unpaired) electrons. The molecule has 3 nitrogen and oxygen atoms in total. The number of nitrogens with zero attached hydrogens (tertiary/aromatic N) is 2. The van der Waals surface area contributed by atoms with Crippen LogP contribution >= 0.6 is 22.9 Å². The van der Waals surface area contributed by atoms with Crippen molar-refractivity contribution in [1.29, 1.82) is 0 Å². The summed E-state index contributed by atoms with van der Waals surface area (Å²) < 4.78 is 14.2. The number of likely N-dealkylation sites (N-methyl/N-ethyl adjacent to an activating group) is 1. The van der Waals surface area contributed by atoms with E-state index in [0.717, 1.165) is 15.2 Å². The molecule has 0 fully saturated rings. The summed E-state index contributed by atoms with van der Waals surface area (Å²) in [7, 11) is 1.72. The average Bonchev–Trinajstić information content (AvgIpc) is 2.97. The first-order valence-electron chi connectivity index (χ1n) is 7.25. The molecule has 122 valence electrons. The Morgan fingerprint density at radius 2 is 2.12 bits per heavy atom. The number of amides is 1. The van der Waals surface area contributed by atoms with Gasteiger partial charge in [0.1, 0.15) is 10.8 Å². The summed E-state index contributed by atoms with van der Waals surface area (Å²) in [4.78, 5) is 18.3. The topological polar surface area (TPSA) is 33.2 Å². The van der Waals surface area contributed by atoms with Crippen LogP contribution in [0.4, 0.5) is 4.39 Å². The summed E-state index contributed by atoms with van der Waals surface area (Å²) in [6.45, 7) is 0.437. The number of carbonyl (C=O) groups excluding carboxylic acids is 1. The van der Waals surface area contributed by atoms with E-state index in [4.69, 9.17) is 11.6 Å². The van der Waals surface area contributed by atoms with E-state index in [1.165, 1.54) is 18.2 Å².